The first kappa shape index (κ1) is 21.6. The SMILES string of the molecule is CCCCCN1C(=O)C(=O)/C(=C(\O)c2ccc(OCCC)cc2)C1c1ccccc1. The lowest BCUT2D eigenvalue weighted by Gasteiger charge is -2.25. The molecule has 2 aromatic rings. The Morgan fingerprint density at radius 2 is 1.67 bits per heavy atom. The molecule has 5 heteroatoms. The van der Waals surface area contributed by atoms with E-state index in [1.165, 1.54) is 0 Å². The van der Waals surface area contributed by atoms with Crippen molar-refractivity contribution in [3.05, 3.63) is 71.3 Å². The third-order valence-electron chi connectivity index (χ3n) is 5.26. The molecule has 158 valence electrons. The maximum absolute atomic E-state index is 12.9. The predicted molar refractivity (Wildman–Crippen MR) is 117 cm³/mol. The summed E-state index contributed by atoms with van der Waals surface area (Å²) in [7, 11) is 0. The van der Waals surface area contributed by atoms with E-state index in [9.17, 15) is 14.7 Å². The molecule has 30 heavy (non-hydrogen) atoms. The largest absolute Gasteiger partial charge is 0.507 e. The Hall–Kier alpha value is -3.08. The Bertz CT molecular complexity index is 903. The molecule has 1 saturated heterocycles. The third-order valence-corrected chi connectivity index (χ3v) is 5.26. The number of aliphatic hydroxyl groups excluding tert-OH is 1. The van der Waals surface area contributed by atoms with Crippen molar-refractivity contribution in [1.82, 2.24) is 4.90 Å². The summed E-state index contributed by atoms with van der Waals surface area (Å²) >= 11 is 0. The second-order valence-corrected chi connectivity index (χ2v) is 7.48. The highest BCUT2D eigenvalue weighted by molar-refractivity contribution is 6.46. The zero-order chi connectivity index (χ0) is 21.5. The van der Waals surface area contributed by atoms with Crippen LogP contribution in [-0.2, 0) is 9.59 Å². The summed E-state index contributed by atoms with van der Waals surface area (Å²) in [5.74, 6) is -0.635. The number of hydrogen-bond donors (Lipinski definition) is 1. The number of rotatable bonds is 9. The number of Topliss-reactive ketones (excluding diaryl/α,β-unsaturated/α-hetero) is 1. The average molecular weight is 408 g/mol. The van der Waals surface area contributed by atoms with Gasteiger partial charge in [0.15, 0.2) is 0 Å². The third kappa shape index (κ3) is 4.56. The second-order valence-electron chi connectivity index (χ2n) is 7.48. The number of carbonyl (C=O) groups excluding carboxylic acids is 2. The Morgan fingerprint density at radius 3 is 2.30 bits per heavy atom. The van der Waals surface area contributed by atoms with E-state index in [4.69, 9.17) is 4.74 Å². The Kier molecular flexibility index (Phi) is 7.28. The monoisotopic (exact) mass is 407 g/mol. The van der Waals surface area contributed by atoms with Crippen molar-refractivity contribution in [2.24, 2.45) is 0 Å². The zero-order valence-electron chi connectivity index (χ0n) is 17.6. The summed E-state index contributed by atoms with van der Waals surface area (Å²) in [4.78, 5) is 27.3. The number of amides is 1. The van der Waals surface area contributed by atoms with Crippen molar-refractivity contribution in [3.63, 3.8) is 0 Å². The number of nitrogens with zero attached hydrogens (tertiary/aromatic N) is 1. The maximum Gasteiger partial charge on any atom is 0.295 e. The van der Waals surface area contributed by atoms with Crippen LogP contribution < -0.4 is 4.74 Å². The molecule has 1 N–H and O–H groups in total. The van der Waals surface area contributed by atoms with Gasteiger partial charge in [0.05, 0.1) is 18.2 Å². The smallest absolute Gasteiger partial charge is 0.295 e. The molecule has 1 fully saturated rings. The minimum Gasteiger partial charge on any atom is -0.507 e. The van der Waals surface area contributed by atoms with Gasteiger partial charge < -0.3 is 14.7 Å². The van der Waals surface area contributed by atoms with Gasteiger partial charge in [-0.3, -0.25) is 9.59 Å². The molecule has 0 saturated carbocycles. The molecule has 2 aromatic carbocycles. The van der Waals surface area contributed by atoms with E-state index in [0.717, 1.165) is 31.2 Å². The Morgan fingerprint density at radius 1 is 0.967 bits per heavy atom. The molecule has 0 aliphatic carbocycles. The number of ether oxygens (including phenoxy) is 1. The number of unbranched alkanes of at least 4 members (excludes halogenated alkanes) is 2. The standard InChI is InChI=1S/C25H29NO4/c1-3-5-9-16-26-22(18-10-7-6-8-11-18)21(24(28)25(26)29)23(27)19-12-14-20(15-13-19)30-17-4-2/h6-8,10-15,22,27H,3-5,9,16-17H2,1-2H3/b23-21-. The van der Waals surface area contributed by atoms with Crippen molar-refractivity contribution in [3.8, 4) is 5.75 Å². The molecule has 5 nitrogen and oxygen atoms in total. The van der Waals surface area contributed by atoms with Gasteiger partial charge >= 0.3 is 0 Å². The lowest BCUT2D eigenvalue weighted by atomic mass is 9.95. The highest BCUT2D eigenvalue weighted by atomic mass is 16.5. The second kappa shape index (κ2) is 10.1. The van der Waals surface area contributed by atoms with Crippen molar-refractivity contribution in [2.45, 2.75) is 45.6 Å². The van der Waals surface area contributed by atoms with Gasteiger partial charge in [-0.15, -0.1) is 0 Å². The van der Waals surface area contributed by atoms with E-state index in [2.05, 4.69) is 6.92 Å². The average Bonchev–Trinajstić information content (AvgIpc) is 3.03. The summed E-state index contributed by atoms with van der Waals surface area (Å²) < 4.78 is 5.59. The topological polar surface area (TPSA) is 66.8 Å². The molecule has 1 aliphatic heterocycles. The molecule has 0 bridgehead atoms. The molecule has 1 atom stereocenters. The summed E-state index contributed by atoms with van der Waals surface area (Å²) in [6, 6.07) is 15.8. The van der Waals surface area contributed by atoms with Crippen LogP contribution in [0, 0.1) is 0 Å². The number of likely N-dealkylation sites (tertiary alicyclic amines) is 1. The van der Waals surface area contributed by atoms with Gasteiger partial charge in [0.2, 0.25) is 0 Å². The first-order valence-electron chi connectivity index (χ1n) is 10.6. The van der Waals surface area contributed by atoms with Crippen molar-refractivity contribution in [2.75, 3.05) is 13.2 Å². The van der Waals surface area contributed by atoms with Crippen LogP contribution in [0.5, 0.6) is 5.75 Å². The molecular weight excluding hydrogens is 378 g/mol. The van der Waals surface area contributed by atoms with Crippen LogP contribution >= 0.6 is 0 Å². The minimum absolute atomic E-state index is 0.143. The van der Waals surface area contributed by atoms with Gasteiger partial charge in [0.1, 0.15) is 11.5 Å². The fourth-order valence-electron chi connectivity index (χ4n) is 3.71. The molecule has 0 spiro atoms. The first-order valence-corrected chi connectivity index (χ1v) is 10.6. The van der Waals surface area contributed by atoms with E-state index < -0.39 is 17.7 Å². The Balaban J connectivity index is 2.00. The van der Waals surface area contributed by atoms with E-state index in [1.807, 2.05) is 37.3 Å². The van der Waals surface area contributed by atoms with Gasteiger partial charge in [0.25, 0.3) is 11.7 Å². The molecule has 1 unspecified atom stereocenters. The normalized spacial score (nSPS) is 18.1. The molecule has 3 rings (SSSR count). The van der Waals surface area contributed by atoms with Crippen molar-refractivity contribution < 1.29 is 19.4 Å². The minimum atomic E-state index is -0.635. The van der Waals surface area contributed by atoms with Crippen LogP contribution in [0.1, 0.15) is 56.7 Å². The van der Waals surface area contributed by atoms with Crippen LogP contribution in [0.25, 0.3) is 5.76 Å². The van der Waals surface area contributed by atoms with Gasteiger partial charge in [-0.1, -0.05) is 57.0 Å². The molecule has 1 heterocycles. The lowest BCUT2D eigenvalue weighted by molar-refractivity contribution is -0.139. The first-order chi connectivity index (χ1) is 14.6. The summed E-state index contributed by atoms with van der Waals surface area (Å²) in [6.45, 7) is 5.22. The van der Waals surface area contributed by atoms with Gasteiger partial charge in [0, 0.05) is 12.1 Å². The van der Waals surface area contributed by atoms with E-state index in [-0.39, 0.29) is 11.3 Å². The number of benzene rings is 2. The van der Waals surface area contributed by atoms with Gasteiger partial charge in [-0.05, 0) is 42.7 Å². The zero-order valence-corrected chi connectivity index (χ0v) is 17.6. The van der Waals surface area contributed by atoms with E-state index >= 15 is 0 Å². The number of ketones is 1. The number of hydrogen-bond acceptors (Lipinski definition) is 4. The van der Waals surface area contributed by atoms with Crippen LogP contribution in [0.2, 0.25) is 0 Å². The van der Waals surface area contributed by atoms with Crippen molar-refractivity contribution in [1.29, 1.82) is 0 Å². The molecular formula is C25H29NO4. The summed E-state index contributed by atoms with van der Waals surface area (Å²) in [5.41, 5.74) is 1.45. The summed E-state index contributed by atoms with van der Waals surface area (Å²) in [6.07, 6.45) is 3.72. The van der Waals surface area contributed by atoms with Crippen LogP contribution in [0.3, 0.4) is 0 Å². The van der Waals surface area contributed by atoms with Crippen LogP contribution in [0.15, 0.2) is 60.2 Å². The van der Waals surface area contributed by atoms with Gasteiger partial charge in [-0.2, -0.15) is 0 Å². The molecule has 0 radical (unpaired) electrons. The quantitative estimate of drug-likeness (QED) is 0.272. The maximum atomic E-state index is 12.9. The van der Waals surface area contributed by atoms with Crippen LogP contribution in [0.4, 0.5) is 0 Å². The fraction of sp³-hybridized carbons (Fsp3) is 0.360. The number of aliphatic hydroxyl groups is 1. The van der Waals surface area contributed by atoms with Crippen LogP contribution in [-0.4, -0.2) is 34.8 Å². The van der Waals surface area contributed by atoms with Gasteiger partial charge in [-0.25, -0.2) is 0 Å². The van der Waals surface area contributed by atoms with E-state index in [0.29, 0.717) is 24.5 Å². The van der Waals surface area contributed by atoms with E-state index in [1.54, 1.807) is 29.2 Å². The molecule has 1 aliphatic rings. The Labute approximate surface area is 178 Å². The highest BCUT2D eigenvalue weighted by Gasteiger charge is 2.45. The molecule has 1 amide bonds. The highest BCUT2D eigenvalue weighted by Crippen LogP contribution is 2.39. The molecule has 0 aromatic heterocycles. The lowest BCUT2D eigenvalue weighted by Crippen LogP contribution is -2.30. The summed E-state index contributed by atoms with van der Waals surface area (Å²) in [5, 5.41) is 11.0. The van der Waals surface area contributed by atoms with Crippen molar-refractivity contribution >= 4 is 17.4 Å². The predicted octanol–water partition coefficient (Wildman–Crippen LogP) is 5.09. The fourth-order valence-corrected chi connectivity index (χ4v) is 3.71. The number of carbonyl (C=O) groups is 2.